The topological polar surface area (TPSA) is 23.4 Å². The van der Waals surface area contributed by atoms with Crippen molar-refractivity contribution in [3.05, 3.63) is 70.8 Å². The molecule has 4 heteroatoms. The maximum Gasteiger partial charge on any atom is 0.490 e. The lowest BCUT2D eigenvalue weighted by molar-refractivity contribution is 0.00578. The van der Waals surface area contributed by atoms with Crippen molar-refractivity contribution >= 4 is 24.1 Å². The second kappa shape index (κ2) is 5.19. The fraction of sp³-hybridized carbons (Fsp3) is 0.333. The number of hydrogen-bond donors (Lipinski definition) is 0. The van der Waals surface area contributed by atoms with Gasteiger partial charge in [0.2, 0.25) is 0 Å². The molecular weight excluding hydrogens is 345 g/mol. The van der Waals surface area contributed by atoms with E-state index in [9.17, 15) is 0 Å². The van der Waals surface area contributed by atoms with E-state index >= 15 is 0 Å². The summed E-state index contributed by atoms with van der Waals surface area (Å²) in [5, 5.41) is 1.31. The highest BCUT2D eigenvalue weighted by molar-refractivity contribution is 6.56. The number of rotatable bonds is 1. The van der Waals surface area contributed by atoms with E-state index in [1.807, 2.05) is 0 Å². The van der Waals surface area contributed by atoms with Crippen LogP contribution >= 0.6 is 0 Å². The van der Waals surface area contributed by atoms with Crippen LogP contribution in [-0.4, -0.2) is 22.9 Å². The van der Waals surface area contributed by atoms with E-state index in [1.165, 1.54) is 38.9 Å². The van der Waals surface area contributed by atoms with Crippen LogP contribution in [0.3, 0.4) is 0 Å². The molecule has 3 aliphatic rings. The van der Waals surface area contributed by atoms with Crippen LogP contribution in [0.5, 0.6) is 0 Å². The van der Waals surface area contributed by atoms with Crippen molar-refractivity contribution < 1.29 is 9.31 Å². The van der Waals surface area contributed by atoms with Gasteiger partial charge < -0.3 is 13.9 Å². The number of aromatic nitrogens is 1. The molecule has 2 aliphatic heterocycles. The van der Waals surface area contributed by atoms with E-state index in [-0.39, 0.29) is 18.3 Å². The van der Waals surface area contributed by atoms with Gasteiger partial charge in [-0.15, -0.1) is 0 Å². The highest BCUT2D eigenvalue weighted by Crippen LogP contribution is 2.52. The number of nitrogens with zero attached hydrogens (tertiary/aromatic N) is 1. The highest BCUT2D eigenvalue weighted by atomic mass is 16.7. The normalized spacial score (nSPS) is 23.6. The Balaban J connectivity index is 1.57. The van der Waals surface area contributed by atoms with Gasteiger partial charge in [0.05, 0.1) is 16.7 Å². The smallest absolute Gasteiger partial charge is 0.400 e. The Bertz CT molecular complexity index is 1150. The number of benzene rings is 2. The minimum Gasteiger partial charge on any atom is -0.400 e. The number of hydrogen-bond acceptors (Lipinski definition) is 2. The largest absolute Gasteiger partial charge is 0.490 e. The third-order valence-electron chi connectivity index (χ3n) is 7.16. The highest BCUT2D eigenvalue weighted by Gasteiger charge is 2.53. The summed E-state index contributed by atoms with van der Waals surface area (Å²) in [5.41, 5.74) is 7.36. The molecule has 2 aromatic carbocycles. The van der Waals surface area contributed by atoms with Gasteiger partial charge in [0.25, 0.3) is 0 Å². The van der Waals surface area contributed by atoms with Crippen LogP contribution in [0, 0.1) is 0 Å². The van der Waals surface area contributed by atoms with E-state index in [1.54, 1.807) is 0 Å². The van der Waals surface area contributed by atoms with Crippen LogP contribution in [0.1, 0.15) is 56.9 Å². The van der Waals surface area contributed by atoms with E-state index in [0.717, 1.165) is 6.42 Å². The molecule has 0 spiro atoms. The third kappa shape index (κ3) is 1.97. The average molecular weight is 369 g/mol. The molecule has 0 saturated carbocycles. The van der Waals surface area contributed by atoms with Crippen molar-refractivity contribution in [2.75, 3.05) is 0 Å². The molecular formula is C24H24BNO2. The quantitative estimate of drug-likeness (QED) is 0.529. The zero-order valence-electron chi connectivity index (χ0n) is 16.8. The van der Waals surface area contributed by atoms with Crippen LogP contribution < -0.4 is 0 Å². The first-order valence-electron chi connectivity index (χ1n) is 10.2. The zero-order valence-corrected chi connectivity index (χ0v) is 16.8. The van der Waals surface area contributed by atoms with Gasteiger partial charge in [-0.1, -0.05) is 42.5 Å². The summed E-state index contributed by atoms with van der Waals surface area (Å²) in [5.74, 6) is 0.359. The fourth-order valence-electron chi connectivity index (χ4n) is 5.02. The number of allylic oxidation sites excluding steroid dienone is 1. The molecule has 1 unspecified atom stereocenters. The second-order valence-corrected chi connectivity index (χ2v) is 9.27. The lowest BCUT2D eigenvalue weighted by Crippen LogP contribution is -2.41. The fourth-order valence-corrected chi connectivity index (χ4v) is 5.02. The van der Waals surface area contributed by atoms with E-state index in [2.05, 4.69) is 86.9 Å². The van der Waals surface area contributed by atoms with Crippen molar-refractivity contribution in [2.45, 2.75) is 51.2 Å². The molecule has 0 amide bonds. The predicted octanol–water partition coefficient (Wildman–Crippen LogP) is 5.49. The first-order valence-corrected chi connectivity index (χ1v) is 10.2. The molecule has 0 radical (unpaired) electrons. The Morgan fingerprint density at radius 3 is 2.39 bits per heavy atom. The molecule has 1 fully saturated rings. The van der Waals surface area contributed by atoms with Crippen LogP contribution in [0.25, 0.3) is 22.7 Å². The van der Waals surface area contributed by atoms with Gasteiger partial charge in [-0.3, -0.25) is 0 Å². The lowest BCUT2D eigenvalue weighted by atomic mass is 9.68. The Labute approximate surface area is 166 Å². The molecule has 3 nitrogen and oxygen atoms in total. The molecule has 3 heterocycles. The molecule has 1 aliphatic carbocycles. The maximum absolute atomic E-state index is 6.41. The number of para-hydroxylation sites is 2. The van der Waals surface area contributed by atoms with Gasteiger partial charge in [0.15, 0.2) is 0 Å². The Hall–Kier alpha value is -2.30. The Morgan fingerprint density at radius 1 is 0.929 bits per heavy atom. The SMILES string of the molecule is CC1(C)OB(C2=Cc3c4n(c5ccccc35)-c3ccccc3C4C2)OC1(C)C. The summed E-state index contributed by atoms with van der Waals surface area (Å²) >= 11 is 0. The predicted molar refractivity (Wildman–Crippen MR) is 114 cm³/mol. The van der Waals surface area contributed by atoms with E-state index in [0.29, 0.717) is 5.92 Å². The van der Waals surface area contributed by atoms with Gasteiger partial charge in [0, 0.05) is 28.2 Å². The van der Waals surface area contributed by atoms with Crippen molar-refractivity contribution in [2.24, 2.45) is 0 Å². The van der Waals surface area contributed by atoms with Crippen molar-refractivity contribution in [1.29, 1.82) is 0 Å². The van der Waals surface area contributed by atoms with E-state index in [4.69, 9.17) is 9.31 Å². The van der Waals surface area contributed by atoms with Gasteiger partial charge in [0.1, 0.15) is 0 Å². The van der Waals surface area contributed by atoms with E-state index < -0.39 is 0 Å². The monoisotopic (exact) mass is 369 g/mol. The van der Waals surface area contributed by atoms with Crippen LogP contribution in [0.15, 0.2) is 54.0 Å². The van der Waals surface area contributed by atoms with Crippen molar-refractivity contribution in [3.8, 4) is 5.69 Å². The van der Waals surface area contributed by atoms with Gasteiger partial charge in [-0.25, -0.2) is 0 Å². The third-order valence-corrected chi connectivity index (χ3v) is 7.16. The minimum absolute atomic E-state index is 0.284. The number of fused-ring (bicyclic) bond motifs is 6. The van der Waals surface area contributed by atoms with Crippen molar-refractivity contribution in [3.63, 3.8) is 0 Å². The summed E-state index contributed by atoms with van der Waals surface area (Å²) in [6.45, 7) is 8.49. The van der Waals surface area contributed by atoms with Crippen molar-refractivity contribution in [1.82, 2.24) is 4.57 Å². The average Bonchev–Trinajstić information content (AvgIpc) is 3.25. The van der Waals surface area contributed by atoms with Gasteiger partial charge in [-0.2, -0.15) is 0 Å². The molecule has 0 N–H and O–H groups in total. The summed E-state index contributed by atoms with van der Waals surface area (Å²) in [4.78, 5) is 0. The molecule has 3 aromatic rings. The van der Waals surface area contributed by atoms with Gasteiger partial charge in [-0.05, 0) is 57.3 Å². The van der Waals surface area contributed by atoms with Crippen LogP contribution in [-0.2, 0) is 9.31 Å². The second-order valence-electron chi connectivity index (χ2n) is 9.27. The summed E-state index contributed by atoms with van der Waals surface area (Å²) in [6, 6.07) is 17.5. The molecule has 1 saturated heterocycles. The minimum atomic E-state index is -0.319. The molecule has 1 atom stereocenters. The first-order chi connectivity index (χ1) is 13.4. The standard InChI is InChI=1S/C24H24BNO2/c1-23(2)24(3,4)28-25(27-23)15-13-18-16-9-5-7-11-20(16)26-21-12-8-6-10-17(21)19(14-15)22(18)26/h5-13,19H,14H2,1-4H3. The molecule has 140 valence electrons. The maximum atomic E-state index is 6.41. The zero-order chi connectivity index (χ0) is 19.3. The molecule has 1 aromatic heterocycles. The molecule has 0 bridgehead atoms. The summed E-state index contributed by atoms with van der Waals surface area (Å²) in [6.07, 6.45) is 3.27. The van der Waals surface area contributed by atoms with Crippen LogP contribution in [0.4, 0.5) is 0 Å². The molecule has 6 rings (SSSR count). The first kappa shape index (κ1) is 16.6. The van der Waals surface area contributed by atoms with Crippen LogP contribution in [0.2, 0.25) is 0 Å². The molecule has 28 heavy (non-hydrogen) atoms. The Kier molecular flexibility index (Phi) is 3.09. The lowest BCUT2D eigenvalue weighted by Gasteiger charge is -2.32. The van der Waals surface area contributed by atoms with Gasteiger partial charge >= 0.3 is 7.12 Å². The Morgan fingerprint density at radius 2 is 1.61 bits per heavy atom. The summed E-state index contributed by atoms with van der Waals surface area (Å²) in [7, 11) is -0.284. The summed E-state index contributed by atoms with van der Waals surface area (Å²) < 4.78 is 15.3.